The van der Waals surface area contributed by atoms with Crippen LogP contribution in [0.25, 0.3) is 0 Å². The number of rotatable bonds is 2. The van der Waals surface area contributed by atoms with Gasteiger partial charge in [0.25, 0.3) is 0 Å². The molecule has 1 N–H and O–H groups in total. The average molecular weight is 337 g/mol. The number of anilines is 1. The largest absolute Gasteiger partial charge is 0.444 e. The summed E-state index contributed by atoms with van der Waals surface area (Å²) in [5.74, 6) is -0.327. The lowest BCUT2D eigenvalue weighted by Crippen LogP contribution is -2.39. The quantitative estimate of drug-likeness (QED) is 0.836. The van der Waals surface area contributed by atoms with Gasteiger partial charge in [0, 0.05) is 13.1 Å². The molecule has 23 heavy (non-hydrogen) atoms. The van der Waals surface area contributed by atoms with Crippen LogP contribution >= 0.6 is 11.6 Å². The van der Waals surface area contributed by atoms with Gasteiger partial charge in [0.1, 0.15) is 5.60 Å². The van der Waals surface area contributed by atoms with E-state index in [1.54, 1.807) is 11.0 Å². The van der Waals surface area contributed by atoms with Gasteiger partial charge in [0.15, 0.2) is 0 Å². The van der Waals surface area contributed by atoms with Crippen molar-refractivity contribution in [1.82, 2.24) is 4.90 Å². The molecule has 1 heterocycles. The number of amides is 2. The first kappa shape index (κ1) is 17.3. The first-order valence-corrected chi connectivity index (χ1v) is 7.80. The molecule has 0 spiro atoms. The summed E-state index contributed by atoms with van der Waals surface area (Å²) < 4.78 is 5.41. The van der Waals surface area contributed by atoms with Crippen LogP contribution in [-0.4, -0.2) is 29.0 Å². The van der Waals surface area contributed by atoms with Gasteiger partial charge in [-0.2, -0.15) is 0 Å². The standard InChI is InChI=1S/C17H21ClN2O3/c1-5-15(21)19-14-9-12-10-20(16(22)23-17(2,3)4)7-6-11(12)8-13(14)18/h5,8-9H,1,6-7,10H2,2-4H3,(H,19,21). The topological polar surface area (TPSA) is 58.6 Å². The van der Waals surface area contributed by atoms with Crippen LogP contribution in [-0.2, 0) is 22.5 Å². The van der Waals surface area contributed by atoms with Gasteiger partial charge in [-0.05, 0) is 56.5 Å². The van der Waals surface area contributed by atoms with Gasteiger partial charge in [-0.1, -0.05) is 18.2 Å². The van der Waals surface area contributed by atoms with Crippen LogP contribution in [0.15, 0.2) is 24.8 Å². The van der Waals surface area contributed by atoms with E-state index in [0.29, 0.717) is 30.2 Å². The summed E-state index contributed by atoms with van der Waals surface area (Å²) >= 11 is 6.19. The summed E-state index contributed by atoms with van der Waals surface area (Å²) in [6, 6.07) is 3.64. The summed E-state index contributed by atoms with van der Waals surface area (Å²) in [7, 11) is 0. The minimum atomic E-state index is -0.527. The average Bonchev–Trinajstić information content (AvgIpc) is 2.45. The summed E-state index contributed by atoms with van der Waals surface area (Å²) in [4.78, 5) is 25.3. The Morgan fingerprint density at radius 2 is 2.04 bits per heavy atom. The van der Waals surface area contributed by atoms with E-state index >= 15 is 0 Å². The minimum absolute atomic E-state index is 0.327. The van der Waals surface area contributed by atoms with Crippen molar-refractivity contribution in [3.8, 4) is 0 Å². The molecule has 0 unspecified atom stereocenters. The lowest BCUT2D eigenvalue weighted by molar-refractivity contribution is -0.111. The molecule has 2 amide bonds. The molecular weight excluding hydrogens is 316 g/mol. The Morgan fingerprint density at radius 1 is 1.35 bits per heavy atom. The number of halogens is 1. The van der Waals surface area contributed by atoms with Gasteiger partial charge in [-0.15, -0.1) is 0 Å². The fraction of sp³-hybridized carbons (Fsp3) is 0.412. The van der Waals surface area contributed by atoms with Crippen molar-refractivity contribution >= 4 is 29.3 Å². The second-order valence-corrected chi connectivity index (χ2v) is 6.85. The Hall–Kier alpha value is -2.01. The van der Waals surface area contributed by atoms with Crippen molar-refractivity contribution in [1.29, 1.82) is 0 Å². The Bertz CT molecular complexity index is 650. The lowest BCUT2D eigenvalue weighted by Gasteiger charge is -2.31. The van der Waals surface area contributed by atoms with Gasteiger partial charge in [-0.3, -0.25) is 4.79 Å². The van der Waals surface area contributed by atoms with E-state index in [9.17, 15) is 9.59 Å². The SMILES string of the molecule is C=CC(=O)Nc1cc2c(cc1Cl)CCN(C(=O)OC(C)(C)C)C2. The summed E-state index contributed by atoms with van der Waals surface area (Å²) in [6.45, 7) is 9.94. The van der Waals surface area contributed by atoms with E-state index in [2.05, 4.69) is 11.9 Å². The molecule has 1 aliphatic rings. The number of nitrogens with one attached hydrogen (secondary N) is 1. The van der Waals surface area contributed by atoms with E-state index in [1.165, 1.54) is 6.08 Å². The fourth-order valence-electron chi connectivity index (χ4n) is 2.34. The van der Waals surface area contributed by atoms with Crippen molar-refractivity contribution in [2.45, 2.75) is 39.3 Å². The van der Waals surface area contributed by atoms with Crippen molar-refractivity contribution in [2.75, 3.05) is 11.9 Å². The van der Waals surface area contributed by atoms with Crippen LogP contribution in [0, 0.1) is 0 Å². The third kappa shape index (κ3) is 4.48. The van der Waals surface area contributed by atoms with Crippen LogP contribution < -0.4 is 5.32 Å². The van der Waals surface area contributed by atoms with Gasteiger partial charge in [0.05, 0.1) is 10.7 Å². The van der Waals surface area contributed by atoms with Crippen LogP contribution in [0.3, 0.4) is 0 Å². The molecule has 1 aliphatic heterocycles. The fourth-order valence-corrected chi connectivity index (χ4v) is 2.57. The molecule has 124 valence electrons. The van der Waals surface area contributed by atoms with Crippen molar-refractivity contribution in [3.05, 3.63) is 40.9 Å². The molecule has 0 bridgehead atoms. The maximum absolute atomic E-state index is 12.2. The summed E-state index contributed by atoms with van der Waals surface area (Å²) in [6.07, 6.45) is 1.54. The zero-order chi connectivity index (χ0) is 17.2. The number of benzene rings is 1. The van der Waals surface area contributed by atoms with Gasteiger partial charge < -0.3 is 15.0 Å². The molecular formula is C17H21ClN2O3. The molecule has 0 atom stereocenters. The van der Waals surface area contributed by atoms with Gasteiger partial charge in [-0.25, -0.2) is 4.79 Å². The van der Waals surface area contributed by atoms with Crippen molar-refractivity contribution in [2.24, 2.45) is 0 Å². The molecule has 5 nitrogen and oxygen atoms in total. The molecule has 0 aromatic heterocycles. The second kappa shape index (κ2) is 6.62. The number of nitrogens with zero attached hydrogens (tertiary/aromatic N) is 1. The molecule has 0 radical (unpaired) electrons. The van der Waals surface area contributed by atoms with Crippen LogP contribution in [0.5, 0.6) is 0 Å². The lowest BCUT2D eigenvalue weighted by atomic mass is 9.99. The molecule has 6 heteroatoms. The Balaban J connectivity index is 2.19. The molecule has 1 aromatic rings. The monoisotopic (exact) mass is 336 g/mol. The minimum Gasteiger partial charge on any atom is -0.444 e. The zero-order valence-corrected chi connectivity index (χ0v) is 14.4. The Morgan fingerprint density at radius 3 is 2.65 bits per heavy atom. The van der Waals surface area contributed by atoms with Gasteiger partial charge in [0.2, 0.25) is 5.91 Å². The summed E-state index contributed by atoms with van der Waals surface area (Å²) in [5.41, 5.74) is 2.01. The molecule has 0 saturated heterocycles. The number of hydrogen-bond acceptors (Lipinski definition) is 3. The first-order chi connectivity index (χ1) is 10.7. The highest BCUT2D eigenvalue weighted by atomic mass is 35.5. The maximum Gasteiger partial charge on any atom is 0.410 e. The number of ether oxygens (including phenoxy) is 1. The normalized spacial score (nSPS) is 14.0. The second-order valence-electron chi connectivity index (χ2n) is 6.45. The smallest absolute Gasteiger partial charge is 0.410 e. The van der Waals surface area contributed by atoms with Crippen LogP contribution in [0.1, 0.15) is 31.9 Å². The highest BCUT2D eigenvalue weighted by Gasteiger charge is 2.26. The Kier molecular flexibility index (Phi) is 5.00. The maximum atomic E-state index is 12.2. The first-order valence-electron chi connectivity index (χ1n) is 7.42. The molecule has 1 aromatic carbocycles. The van der Waals surface area contributed by atoms with Crippen LogP contribution in [0.4, 0.5) is 10.5 Å². The van der Waals surface area contributed by atoms with E-state index in [0.717, 1.165) is 11.1 Å². The number of carbonyl (C=O) groups excluding carboxylic acids is 2. The number of fused-ring (bicyclic) bond motifs is 1. The van der Waals surface area contributed by atoms with Crippen LogP contribution in [0.2, 0.25) is 5.02 Å². The number of hydrogen-bond donors (Lipinski definition) is 1. The third-order valence-electron chi connectivity index (χ3n) is 3.40. The summed E-state index contributed by atoms with van der Waals surface area (Å²) in [5, 5.41) is 3.15. The molecule has 0 fully saturated rings. The third-order valence-corrected chi connectivity index (χ3v) is 3.71. The molecule has 2 rings (SSSR count). The van der Waals surface area contributed by atoms with E-state index < -0.39 is 5.60 Å². The van der Waals surface area contributed by atoms with E-state index in [-0.39, 0.29) is 12.0 Å². The van der Waals surface area contributed by atoms with E-state index in [1.807, 2.05) is 26.8 Å². The number of carbonyl (C=O) groups is 2. The van der Waals surface area contributed by atoms with Crippen molar-refractivity contribution < 1.29 is 14.3 Å². The predicted octanol–water partition coefficient (Wildman–Crippen LogP) is 3.76. The highest BCUT2D eigenvalue weighted by Crippen LogP contribution is 2.30. The van der Waals surface area contributed by atoms with Crippen molar-refractivity contribution in [3.63, 3.8) is 0 Å². The molecule has 0 aliphatic carbocycles. The molecule has 0 saturated carbocycles. The van der Waals surface area contributed by atoms with E-state index in [4.69, 9.17) is 16.3 Å². The Labute approximate surface area is 141 Å². The predicted molar refractivity (Wildman–Crippen MR) is 90.6 cm³/mol. The highest BCUT2D eigenvalue weighted by molar-refractivity contribution is 6.34. The zero-order valence-electron chi connectivity index (χ0n) is 13.6. The van der Waals surface area contributed by atoms with Gasteiger partial charge >= 0.3 is 6.09 Å².